The highest BCUT2D eigenvalue weighted by molar-refractivity contribution is 7.89. The average molecular weight is 394 g/mol. The van der Waals surface area contributed by atoms with Crippen LogP contribution in [0, 0.1) is 0 Å². The van der Waals surface area contributed by atoms with Crippen LogP contribution in [0.5, 0.6) is 0 Å². The fourth-order valence-corrected chi connectivity index (χ4v) is 4.32. The number of nitrogens with one attached hydrogen (secondary N) is 2. The lowest BCUT2D eigenvalue weighted by Gasteiger charge is -2.26. The van der Waals surface area contributed by atoms with Crippen LogP contribution in [-0.2, 0) is 14.8 Å². The van der Waals surface area contributed by atoms with Crippen molar-refractivity contribution in [3.63, 3.8) is 0 Å². The molecule has 1 saturated heterocycles. The zero-order valence-electron chi connectivity index (χ0n) is 16.3. The van der Waals surface area contributed by atoms with E-state index in [1.54, 1.807) is 44.2 Å². The molecule has 1 aromatic carbocycles. The predicted molar refractivity (Wildman–Crippen MR) is 109 cm³/mol. The third kappa shape index (κ3) is 7.82. The Labute approximate surface area is 163 Å². The summed E-state index contributed by atoms with van der Waals surface area (Å²) in [6, 6.07) is 6.31. The van der Waals surface area contributed by atoms with Gasteiger partial charge in [-0.1, -0.05) is 18.6 Å². The zero-order valence-corrected chi connectivity index (χ0v) is 17.1. The van der Waals surface area contributed by atoms with Gasteiger partial charge in [0.1, 0.15) is 0 Å². The average Bonchev–Trinajstić information content (AvgIpc) is 2.64. The van der Waals surface area contributed by atoms with Crippen molar-refractivity contribution in [1.82, 2.24) is 14.9 Å². The monoisotopic (exact) mass is 393 g/mol. The molecule has 1 amide bonds. The second kappa shape index (κ2) is 10.6. The Bertz CT molecular complexity index is 721. The molecule has 0 spiro atoms. The molecule has 2 rings (SSSR count). The van der Waals surface area contributed by atoms with Crippen LogP contribution in [0.15, 0.2) is 35.2 Å². The molecule has 2 N–H and O–H groups in total. The van der Waals surface area contributed by atoms with E-state index in [-0.39, 0.29) is 16.8 Å². The van der Waals surface area contributed by atoms with Gasteiger partial charge in [0, 0.05) is 18.7 Å². The van der Waals surface area contributed by atoms with Gasteiger partial charge in [0.25, 0.3) is 0 Å². The summed E-state index contributed by atoms with van der Waals surface area (Å²) >= 11 is 0. The summed E-state index contributed by atoms with van der Waals surface area (Å²) in [6.07, 6.45) is 8.02. The maximum Gasteiger partial charge on any atom is 0.243 e. The first-order valence-electron chi connectivity index (χ1n) is 9.67. The minimum atomic E-state index is -3.49. The van der Waals surface area contributed by atoms with Gasteiger partial charge in [-0.3, -0.25) is 4.79 Å². The Morgan fingerprint density at radius 3 is 2.44 bits per heavy atom. The van der Waals surface area contributed by atoms with Gasteiger partial charge in [-0.05, 0) is 76.5 Å². The van der Waals surface area contributed by atoms with E-state index in [1.807, 2.05) is 0 Å². The fraction of sp³-hybridized carbons (Fsp3) is 0.550. The number of sulfonamides is 1. The molecule has 1 fully saturated rings. The van der Waals surface area contributed by atoms with E-state index >= 15 is 0 Å². The lowest BCUT2D eigenvalue weighted by atomic mass is 10.1. The Hall–Kier alpha value is -1.70. The van der Waals surface area contributed by atoms with Crippen LogP contribution in [0.2, 0.25) is 0 Å². The molecule has 0 aliphatic carbocycles. The van der Waals surface area contributed by atoms with Gasteiger partial charge in [0.05, 0.1) is 4.90 Å². The highest BCUT2D eigenvalue weighted by Crippen LogP contribution is 2.12. The van der Waals surface area contributed by atoms with E-state index in [1.165, 1.54) is 38.4 Å². The van der Waals surface area contributed by atoms with Crippen LogP contribution in [-0.4, -0.2) is 51.4 Å². The Morgan fingerprint density at radius 1 is 1.15 bits per heavy atom. The van der Waals surface area contributed by atoms with E-state index in [2.05, 4.69) is 14.9 Å². The van der Waals surface area contributed by atoms with E-state index in [4.69, 9.17) is 0 Å². The molecule has 1 aliphatic rings. The van der Waals surface area contributed by atoms with E-state index in [0.717, 1.165) is 18.5 Å². The van der Waals surface area contributed by atoms with Crippen LogP contribution in [0.25, 0.3) is 6.08 Å². The first-order valence-corrected chi connectivity index (χ1v) is 11.2. The molecule has 0 radical (unpaired) electrons. The summed E-state index contributed by atoms with van der Waals surface area (Å²) in [5, 5.41) is 2.89. The molecular formula is C20H31N3O3S. The van der Waals surface area contributed by atoms with Gasteiger partial charge < -0.3 is 10.2 Å². The first-order chi connectivity index (χ1) is 12.9. The van der Waals surface area contributed by atoms with Crippen LogP contribution in [0.4, 0.5) is 0 Å². The zero-order chi connectivity index (χ0) is 19.7. The molecule has 1 aliphatic heterocycles. The van der Waals surface area contributed by atoms with Crippen LogP contribution < -0.4 is 10.0 Å². The lowest BCUT2D eigenvalue weighted by Crippen LogP contribution is -2.33. The topological polar surface area (TPSA) is 78.5 Å². The molecule has 0 atom stereocenters. The van der Waals surface area contributed by atoms with Gasteiger partial charge in [-0.25, -0.2) is 13.1 Å². The molecule has 150 valence electrons. The SMILES string of the molecule is CC(C)NS(=O)(=O)c1ccc(/C=C/C(=O)NCCCN2CCCCC2)cc1. The van der Waals surface area contributed by atoms with Crippen molar-refractivity contribution in [3.8, 4) is 0 Å². The normalized spacial score (nSPS) is 16.1. The van der Waals surface area contributed by atoms with Crippen molar-refractivity contribution in [2.24, 2.45) is 0 Å². The molecule has 0 unspecified atom stereocenters. The Kier molecular flexibility index (Phi) is 8.47. The second-order valence-corrected chi connectivity index (χ2v) is 8.94. The summed E-state index contributed by atoms with van der Waals surface area (Å²) in [5.41, 5.74) is 0.780. The molecular weight excluding hydrogens is 362 g/mol. The molecule has 6 nitrogen and oxygen atoms in total. The third-order valence-electron chi connectivity index (χ3n) is 4.41. The van der Waals surface area contributed by atoms with Crippen molar-refractivity contribution in [2.75, 3.05) is 26.2 Å². The number of carbonyl (C=O) groups is 1. The first kappa shape index (κ1) is 21.6. The minimum Gasteiger partial charge on any atom is -0.353 e. The second-order valence-electron chi connectivity index (χ2n) is 7.23. The summed E-state index contributed by atoms with van der Waals surface area (Å²) in [7, 11) is -3.49. The van der Waals surface area contributed by atoms with Gasteiger partial charge in [0.15, 0.2) is 0 Å². The lowest BCUT2D eigenvalue weighted by molar-refractivity contribution is -0.116. The van der Waals surface area contributed by atoms with Crippen LogP contribution in [0.3, 0.4) is 0 Å². The van der Waals surface area contributed by atoms with Crippen LogP contribution in [0.1, 0.15) is 45.1 Å². The third-order valence-corrected chi connectivity index (χ3v) is 6.08. The molecule has 27 heavy (non-hydrogen) atoms. The fourth-order valence-electron chi connectivity index (χ4n) is 3.06. The number of likely N-dealkylation sites (tertiary alicyclic amines) is 1. The number of nitrogens with zero attached hydrogens (tertiary/aromatic N) is 1. The predicted octanol–water partition coefficient (Wildman–Crippen LogP) is 2.38. The molecule has 0 saturated carbocycles. The van der Waals surface area contributed by atoms with Crippen molar-refractivity contribution in [1.29, 1.82) is 0 Å². The summed E-state index contributed by atoms with van der Waals surface area (Å²) in [4.78, 5) is 14.6. The molecule has 1 aromatic rings. The summed E-state index contributed by atoms with van der Waals surface area (Å²) in [5.74, 6) is -0.133. The molecule has 7 heteroatoms. The van der Waals surface area contributed by atoms with E-state index < -0.39 is 10.0 Å². The van der Waals surface area contributed by atoms with Gasteiger partial charge in [-0.2, -0.15) is 0 Å². The van der Waals surface area contributed by atoms with Crippen molar-refractivity contribution < 1.29 is 13.2 Å². The number of piperidine rings is 1. The number of hydrogen-bond donors (Lipinski definition) is 2. The minimum absolute atomic E-state index is 0.133. The number of amides is 1. The Morgan fingerprint density at radius 2 is 1.81 bits per heavy atom. The quantitative estimate of drug-likeness (QED) is 0.499. The standard InChI is InChI=1S/C20H31N3O3S/c1-17(2)22-27(25,26)19-10-7-18(8-11-19)9-12-20(24)21-13-6-16-23-14-4-3-5-15-23/h7-12,17,22H,3-6,13-16H2,1-2H3,(H,21,24)/b12-9+. The number of benzene rings is 1. The number of rotatable bonds is 9. The smallest absolute Gasteiger partial charge is 0.243 e. The maximum atomic E-state index is 12.1. The molecule has 1 heterocycles. The number of hydrogen-bond acceptors (Lipinski definition) is 4. The maximum absolute atomic E-state index is 12.1. The van der Waals surface area contributed by atoms with Gasteiger partial charge in [-0.15, -0.1) is 0 Å². The van der Waals surface area contributed by atoms with Crippen molar-refractivity contribution in [3.05, 3.63) is 35.9 Å². The van der Waals surface area contributed by atoms with E-state index in [9.17, 15) is 13.2 Å². The largest absolute Gasteiger partial charge is 0.353 e. The molecule has 0 bridgehead atoms. The van der Waals surface area contributed by atoms with Crippen LogP contribution >= 0.6 is 0 Å². The number of carbonyl (C=O) groups excluding carboxylic acids is 1. The van der Waals surface area contributed by atoms with Crippen molar-refractivity contribution in [2.45, 2.75) is 50.5 Å². The summed E-state index contributed by atoms with van der Waals surface area (Å²) < 4.78 is 26.7. The van der Waals surface area contributed by atoms with E-state index in [0.29, 0.717) is 6.54 Å². The Balaban J connectivity index is 1.75. The highest BCUT2D eigenvalue weighted by Gasteiger charge is 2.14. The van der Waals surface area contributed by atoms with Crippen molar-refractivity contribution >= 4 is 22.0 Å². The van der Waals surface area contributed by atoms with Gasteiger partial charge >= 0.3 is 0 Å². The highest BCUT2D eigenvalue weighted by atomic mass is 32.2. The van der Waals surface area contributed by atoms with Gasteiger partial charge in [0.2, 0.25) is 15.9 Å². The summed E-state index contributed by atoms with van der Waals surface area (Å²) in [6.45, 7) is 7.60. The molecule has 0 aromatic heterocycles.